The Morgan fingerprint density at radius 2 is 1.76 bits per heavy atom. The first-order valence-electron chi connectivity index (χ1n) is 7.65. The van der Waals surface area contributed by atoms with Crippen LogP contribution in [0.2, 0.25) is 0 Å². The van der Waals surface area contributed by atoms with Gasteiger partial charge in [-0.3, -0.25) is 0 Å². The number of rotatable bonds is 5. The molecule has 2 aromatic carbocycles. The summed E-state index contributed by atoms with van der Waals surface area (Å²) in [4.78, 5) is 0. The molecule has 0 saturated heterocycles. The van der Waals surface area contributed by atoms with E-state index in [-0.39, 0.29) is 11.9 Å². The molecule has 2 aromatic rings. The third-order valence-corrected chi connectivity index (χ3v) is 4.14. The quantitative estimate of drug-likeness (QED) is 0.848. The number of nitrogens with one attached hydrogen (secondary N) is 1. The fourth-order valence-electron chi connectivity index (χ4n) is 2.90. The first kappa shape index (κ1) is 15.7. The third-order valence-electron chi connectivity index (χ3n) is 4.14. The highest BCUT2D eigenvalue weighted by molar-refractivity contribution is 5.42. The first-order valence-corrected chi connectivity index (χ1v) is 7.65. The smallest absolute Gasteiger partial charge is 0.123 e. The van der Waals surface area contributed by atoms with E-state index in [1.54, 1.807) is 12.1 Å². The van der Waals surface area contributed by atoms with E-state index in [1.807, 2.05) is 20.0 Å². The molecule has 0 bridgehead atoms. The summed E-state index contributed by atoms with van der Waals surface area (Å²) >= 11 is 0. The largest absolute Gasteiger partial charge is 0.309 e. The van der Waals surface area contributed by atoms with Gasteiger partial charge in [0.05, 0.1) is 6.04 Å². The van der Waals surface area contributed by atoms with Crippen molar-refractivity contribution in [2.24, 2.45) is 0 Å². The number of hydrogen-bond donors (Lipinski definition) is 1. The lowest BCUT2D eigenvalue weighted by Crippen LogP contribution is -2.20. The Balaban J connectivity index is 2.54. The number of hydrogen-bond acceptors (Lipinski definition) is 1. The topological polar surface area (TPSA) is 12.0 Å². The Morgan fingerprint density at radius 1 is 1.00 bits per heavy atom. The Morgan fingerprint density at radius 3 is 2.33 bits per heavy atom. The van der Waals surface area contributed by atoms with E-state index in [4.69, 9.17) is 0 Å². The van der Waals surface area contributed by atoms with Gasteiger partial charge in [-0.15, -0.1) is 0 Å². The predicted molar refractivity (Wildman–Crippen MR) is 87.2 cm³/mol. The van der Waals surface area contributed by atoms with Gasteiger partial charge in [-0.05, 0) is 66.8 Å². The fraction of sp³-hybridized carbons (Fsp3) is 0.368. The molecular weight excluding hydrogens is 261 g/mol. The third kappa shape index (κ3) is 3.33. The summed E-state index contributed by atoms with van der Waals surface area (Å²) in [5.74, 6) is -0.177. The summed E-state index contributed by atoms with van der Waals surface area (Å²) in [7, 11) is 1.96. The Kier molecular flexibility index (Phi) is 5.13. The Hall–Kier alpha value is -1.67. The van der Waals surface area contributed by atoms with Crippen molar-refractivity contribution in [2.75, 3.05) is 7.05 Å². The van der Waals surface area contributed by atoms with Gasteiger partial charge in [0, 0.05) is 0 Å². The number of halogens is 1. The minimum atomic E-state index is -0.177. The molecule has 0 spiro atoms. The SMILES string of the molecule is CCc1ccc(CC)c(C(NC)c2ccc(F)cc2C)c1. The van der Waals surface area contributed by atoms with Gasteiger partial charge in [0.1, 0.15) is 5.82 Å². The summed E-state index contributed by atoms with van der Waals surface area (Å²) in [5, 5.41) is 3.40. The molecule has 0 aliphatic heterocycles. The van der Waals surface area contributed by atoms with Gasteiger partial charge in [0.25, 0.3) is 0 Å². The lowest BCUT2D eigenvalue weighted by molar-refractivity contribution is 0.620. The molecule has 21 heavy (non-hydrogen) atoms. The number of aryl methyl sites for hydroxylation is 3. The average molecular weight is 285 g/mol. The highest BCUT2D eigenvalue weighted by Crippen LogP contribution is 2.29. The molecule has 0 saturated carbocycles. The van der Waals surface area contributed by atoms with Crippen molar-refractivity contribution in [2.45, 2.75) is 39.7 Å². The van der Waals surface area contributed by atoms with Gasteiger partial charge in [0.15, 0.2) is 0 Å². The zero-order valence-corrected chi connectivity index (χ0v) is 13.3. The molecule has 2 rings (SSSR count). The van der Waals surface area contributed by atoms with Crippen molar-refractivity contribution < 1.29 is 4.39 Å². The van der Waals surface area contributed by atoms with Gasteiger partial charge < -0.3 is 5.32 Å². The van der Waals surface area contributed by atoms with Crippen molar-refractivity contribution >= 4 is 0 Å². The van der Waals surface area contributed by atoms with Crippen LogP contribution in [0.5, 0.6) is 0 Å². The van der Waals surface area contributed by atoms with Crippen LogP contribution in [0.15, 0.2) is 36.4 Å². The summed E-state index contributed by atoms with van der Waals surface area (Å²) in [6, 6.07) is 11.8. The standard InChI is InChI=1S/C19H24FN/c1-5-14-7-8-15(6-2)18(12-14)19(21-4)17-10-9-16(20)11-13(17)3/h7-12,19,21H,5-6H2,1-4H3. The lowest BCUT2D eigenvalue weighted by atomic mass is 9.89. The van der Waals surface area contributed by atoms with Crippen LogP contribution in [0, 0.1) is 12.7 Å². The number of benzene rings is 2. The monoisotopic (exact) mass is 285 g/mol. The maximum atomic E-state index is 13.4. The first-order chi connectivity index (χ1) is 10.1. The van der Waals surface area contributed by atoms with Crippen LogP contribution in [0.1, 0.15) is 47.7 Å². The van der Waals surface area contributed by atoms with Crippen LogP contribution < -0.4 is 5.32 Å². The zero-order chi connectivity index (χ0) is 15.4. The normalized spacial score (nSPS) is 12.4. The molecule has 0 amide bonds. The van der Waals surface area contributed by atoms with Gasteiger partial charge in [-0.25, -0.2) is 4.39 Å². The molecule has 0 aliphatic rings. The van der Waals surface area contributed by atoms with Crippen LogP contribution in [-0.4, -0.2) is 7.05 Å². The average Bonchev–Trinajstić information content (AvgIpc) is 2.49. The molecule has 2 heteroatoms. The van der Waals surface area contributed by atoms with Crippen LogP contribution in [0.4, 0.5) is 4.39 Å². The van der Waals surface area contributed by atoms with Crippen molar-refractivity contribution in [3.63, 3.8) is 0 Å². The highest BCUT2D eigenvalue weighted by Gasteiger charge is 2.17. The van der Waals surface area contributed by atoms with E-state index >= 15 is 0 Å². The molecule has 112 valence electrons. The molecule has 1 atom stereocenters. The van der Waals surface area contributed by atoms with E-state index in [1.165, 1.54) is 16.7 Å². The highest BCUT2D eigenvalue weighted by atomic mass is 19.1. The molecule has 1 nitrogen and oxygen atoms in total. The molecule has 1 N–H and O–H groups in total. The minimum absolute atomic E-state index is 0.104. The van der Waals surface area contributed by atoms with E-state index < -0.39 is 0 Å². The Labute approximate surface area is 127 Å². The summed E-state index contributed by atoms with van der Waals surface area (Å²) in [5.41, 5.74) is 6.10. The van der Waals surface area contributed by atoms with E-state index in [9.17, 15) is 4.39 Å². The van der Waals surface area contributed by atoms with Gasteiger partial charge in [-0.1, -0.05) is 38.1 Å². The van der Waals surface area contributed by atoms with Gasteiger partial charge >= 0.3 is 0 Å². The molecule has 0 aliphatic carbocycles. The summed E-state index contributed by atoms with van der Waals surface area (Å²) in [6.07, 6.45) is 2.02. The molecule has 1 unspecified atom stereocenters. The minimum Gasteiger partial charge on any atom is -0.309 e. The second kappa shape index (κ2) is 6.86. The molecular formula is C19H24FN. The maximum Gasteiger partial charge on any atom is 0.123 e. The second-order valence-electron chi connectivity index (χ2n) is 5.46. The van der Waals surface area contributed by atoms with Crippen LogP contribution in [0.3, 0.4) is 0 Å². The van der Waals surface area contributed by atoms with E-state index in [0.717, 1.165) is 24.0 Å². The molecule has 0 fully saturated rings. The molecule has 0 heterocycles. The predicted octanol–water partition coefficient (Wildman–Crippen LogP) is 4.57. The van der Waals surface area contributed by atoms with Gasteiger partial charge in [0.2, 0.25) is 0 Å². The van der Waals surface area contributed by atoms with Crippen molar-refractivity contribution in [1.29, 1.82) is 0 Å². The van der Waals surface area contributed by atoms with E-state index in [2.05, 4.69) is 37.4 Å². The molecule has 0 radical (unpaired) electrons. The van der Waals surface area contributed by atoms with Crippen LogP contribution in [0.25, 0.3) is 0 Å². The summed E-state index contributed by atoms with van der Waals surface area (Å²) < 4.78 is 13.4. The van der Waals surface area contributed by atoms with Crippen molar-refractivity contribution in [1.82, 2.24) is 5.32 Å². The van der Waals surface area contributed by atoms with Crippen LogP contribution in [-0.2, 0) is 12.8 Å². The fourth-order valence-corrected chi connectivity index (χ4v) is 2.90. The Bertz CT molecular complexity index is 619. The van der Waals surface area contributed by atoms with Crippen molar-refractivity contribution in [3.05, 3.63) is 70.0 Å². The lowest BCUT2D eigenvalue weighted by Gasteiger charge is -2.23. The zero-order valence-electron chi connectivity index (χ0n) is 13.3. The van der Waals surface area contributed by atoms with Crippen LogP contribution >= 0.6 is 0 Å². The van der Waals surface area contributed by atoms with Gasteiger partial charge in [-0.2, -0.15) is 0 Å². The second-order valence-corrected chi connectivity index (χ2v) is 5.46. The molecule has 0 aromatic heterocycles. The van der Waals surface area contributed by atoms with Crippen molar-refractivity contribution in [3.8, 4) is 0 Å². The summed E-state index contributed by atoms with van der Waals surface area (Å²) in [6.45, 7) is 6.31. The maximum absolute atomic E-state index is 13.4. The van der Waals surface area contributed by atoms with E-state index in [0.29, 0.717) is 0 Å².